The quantitative estimate of drug-likeness (QED) is 0.121. The van der Waals surface area contributed by atoms with Crippen LogP contribution < -0.4 is 0 Å². The van der Waals surface area contributed by atoms with Crippen molar-refractivity contribution in [1.82, 2.24) is 0 Å². The molecule has 0 amide bonds. The summed E-state index contributed by atoms with van der Waals surface area (Å²) in [4.78, 5) is 19.2. The molecule has 2 atom stereocenters. The van der Waals surface area contributed by atoms with Crippen LogP contribution >= 0.6 is 0 Å². The third kappa shape index (κ3) is 23.8. The van der Waals surface area contributed by atoms with Crippen molar-refractivity contribution in [3.8, 4) is 22.6 Å². The van der Waals surface area contributed by atoms with Gasteiger partial charge in [0.05, 0.1) is 26.4 Å². The topological polar surface area (TPSA) is 149 Å². The fourth-order valence-electron chi connectivity index (χ4n) is 2.78. The number of carboxylic acids is 2. The molecule has 4 N–H and O–H groups in total. The molecule has 4 aromatic rings. The fourth-order valence-corrected chi connectivity index (χ4v) is 2.78. The van der Waals surface area contributed by atoms with E-state index in [2.05, 4.69) is 61.7 Å². The van der Waals surface area contributed by atoms with E-state index in [0.717, 1.165) is 26.4 Å². The summed E-state index contributed by atoms with van der Waals surface area (Å²) in [5.41, 5.74) is 2.90. The largest absolute Gasteiger partial charge is 0.508 e. The lowest BCUT2D eigenvalue weighted by Crippen LogP contribution is -2.06. The number of epoxide rings is 2. The van der Waals surface area contributed by atoms with Crippen molar-refractivity contribution in [1.29, 1.82) is 0 Å². The van der Waals surface area contributed by atoms with Crippen molar-refractivity contribution < 1.29 is 44.2 Å². The lowest BCUT2D eigenvalue weighted by atomic mass is 10.1. The highest BCUT2D eigenvalue weighted by atomic mass is 16.6. The maximum absolute atomic E-state index is 9.60. The fraction of sp³-hybridized carbons (Fsp3) is 0.211. The number of aromatic hydroxyl groups is 2. The molecule has 2 fully saturated rings. The minimum Gasteiger partial charge on any atom is -0.508 e. The van der Waals surface area contributed by atoms with E-state index < -0.39 is 11.9 Å². The van der Waals surface area contributed by atoms with Gasteiger partial charge in [0, 0.05) is 11.1 Å². The van der Waals surface area contributed by atoms with Gasteiger partial charge in [-0.2, -0.15) is 0 Å². The third-order valence-electron chi connectivity index (χ3n) is 5.54. The normalized spacial score (nSPS) is 14.3. The van der Waals surface area contributed by atoms with E-state index in [1.165, 1.54) is 25.0 Å². The summed E-state index contributed by atoms with van der Waals surface area (Å²) in [6, 6.07) is 38.2. The molecular weight excluding hydrogens is 600 g/mol. The number of phenolic OH excluding ortho intramolecular Hbond substituents is 2. The molecule has 6 rings (SSSR count). The first kappa shape index (κ1) is 39.8. The summed E-state index contributed by atoms with van der Waals surface area (Å²) in [5, 5.41) is 33.0. The molecule has 0 aromatic heterocycles. The number of para-hydroxylation sites is 2. The lowest BCUT2D eigenvalue weighted by Gasteiger charge is -1.98. The smallest absolute Gasteiger partial charge is 0.330 e. The zero-order valence-corrected chi connectivity index (χ0v) is 26.8. The number of carbonyl (C=O) groups is 2. The molecule has 2 saturated heterocycles. The Balaban J connectivity index is 0.000000289. The summed E-state index contributed by atoms with van der Waals surface area (Å²) >= 11 is 0. The summed E-state index contributed by atoms with van der Waals surface area (Å²) < 4.78 is 15.1. The number of phenols is 2. The van der Waals surface area contributed by atoms with E-state index in [-0.39, 0.29) is 11.1 Å². The van der Waals surface area contributed by atoms with Crippen LogP contribution in [0.1, 0.15) is 13.8 Å². The van der Waals surface area contributed by atoms with Crippen molar-refractivity contribution in [2.24, 2.45) is 0 Å². The number of benzene rings is 4. The molecule has 2 aliphatic heterocycles. The first-order valence-electron chi connectivity index (χ1n) is 14.7. The van der Waals surface area contributed by atoms with Gasteiger partial charge in [-0.05, 0) is 49.2 Å². The third-order valence-corrected chi connectivity index (χ3v) is 5.54. The molecule has 0 bridgehead atoms. The Morgan fingerprint density at radius 3 is 1.00 bits per heavy atom. The Bertz CT molecular complexity index is 1280. The van der Waals surface area contributed by atoms with Gasteiger partial charge in [-0.3, -0.25) is 0 Å². The zero-order chi connectivity index (χ0) is 34.9. The van der Waals surface area contributed by atoms with Crippen LogP contribution in [0.15, 0.2) is 146 Å². The van der Waals surface area contributed by atoms with Gasteiger partial charge in [0.25, 0.3) is 0 Å². The number of hydrogen-bond donors (Lipinski definition) is 4. The van der Waals surface area contributed by atoms with E-state index in [0.29, 0.717) is 23.7 Å². The molecule has 4 aromatic carbocycles. The minimum atomic E-state index is -0.935. The van der Waals surface area contributed by atoms with E-state index in [9.17, 15) is 9.59 Å². The molecule has 0 saturated carbocycles. The molecule has 47 heavy (non-hydrogen) atoms. The Morgan fingerprint density at radius 2 is 0.830 bits per heavy atom. The Morgan fingerprint density at radius 1 is 0.596 bits per heavy atom. The van der Waals surface area contributed by atoms with Crippen molar-refractivity contribution >= 4 is 11.9 Å². The first-order chi connectivity index (χ1) is 22.5. The highest BCUT2D eigenvalue weighted by Gasteiger charge is 2.26. The van der Waals surface area contributed by atoms with Crippen LogP contribution in [0.2, 0.25) is 0 Å². The number of aliphatic carboxylic acids is 2. The predicted molar refractivity (Wildman–Crippen MR) is 183 cm³/mol. The van der Waals surface area contributed by atoms with Gasteiger partial charge < -0.3 is 34.6 Å². The van der Waals surface area contributed by atoms with E-state index in [4.69, 9.17) is 34.6 Å². The molecule has 2 unspecified atom stereocenters. The highest BCUT2D eigenvalue weighted by molar-refractivity contribution is 5.85. The number of carboxylic acid groups (broad SMARTS) is 2. The Kier molecular flexibility index (Phi) is 20.4. The second kappa shape index (κ2) is 24.1. The van der Waals surface area contributed by atoms with E-state index in [1.54, 1.807) is 48.5 Å². The number of ether oxygens (including phenoxy) is 3. The minimum absolute atomic E-state index is 0.176. The first-order valence-corrected chi connectivity index (χ1v) is 14.7. The van der Waals surface area contributed by atoms with Gasteiger partial charge >= 0.3 is 11.9 Å². The SMILES string of the molecule is C(OCC1CO1)C1CO1.C=C(C)C(=O)O.C=C(C)C(=O)O.Oc1ccccc1.Oc1ccccc1.c1ccc(-c2ccccc2)cc1. The molecule has 0 spiro atoms. The number of rotatable bonds is 7. The van der Waals surface area contributed by atoms with Crippen LogP contribution in [0.4, 0.5) is 0 Å². The van der Waals surface area contributed by atoms with Crippen molar-refractivity contribution in [2.75, 3.05) is 26.4 Å². The van der Waals surface area contributed by atoms with Crippen molar-refractivity contribution in [3.05, 3.63) is 146 Å². The van der Waals surface area contributed by atoms with Gasteiger partial charge in [0.2, 0.25) is 0 Å². The van der Waals surface area contributed by atoms with Gasteiger partial charge in [0.15, 0.2) is 0 Å². The Labute approximate surface area is 276 Å². The lowest BCUT2D eigenvalue weighted by molar-refractivity contribution is -0.133. The standard InChI is InChI=1S/C12H10.C6H10O3.2C6H6O.2C4H6O2/c1-3-7-11(8-4-1)12-9-5-2-6-10-12;1(5-3-8-5)7-2-6-4-9-6;2*7-6-4-2-1-3-5-6;2*1-3(2)4(5)6/h1-10H;5-6H,1-4H2;2*1-5,7H;2*1H2,2H3,(H,5,6). The predicted octanol–water partition coefficient (Wildman–Crippen LogP) is 7.23. The van der Waals surface area contributed by atoms with Crippen molar-refractivity contribution in [3.63, 3.8) is 0 Å². The van der Waals surface area contributed by atoms with Gasteiger partial charge in [0.1, 0.15) is 23.7 Å². The highest BCUT2D eigenvalue weighted by Crippen LogP contribution is 2.17. The molecule has 9 heteroatoms. The second-order valence-electron chi connectivity index (χ2n) is 10.0. The Hall–Kier alpha value is -5.22. The summed E-state index contributed by atoms with van der Waals surface area (Å²) in [5.74, 6) is -1.23. The molecule has 2 aliphatic rings. The van der Waals surface area contributed by atoms with Crippen LogP contribution in [0, 0.1) is 0 Å². The van der Waals surface area contributed by atoms with Crippen LogP contribution in [0.3, 0.4) is 0 Å². The number of hydrogen-bond acceptors (Lipinski definition) is 7. The molecule has 250 valence electrons. The van der Waals surface area contributed by atoms with Crippen LogP contribution in [0.5, 0.6) is 11.5 Å². The van der Waals surface area contributed by atoms with Gasteiger partial charge in [-0.15, -0.1) is 0 Å². The second-order valence-corrected chi connectivity index (χ2v) is 10.0. The van der Waals surface area contributed by atoms with E-state index in [1.807, 2.05) is 24.3 Å². The summed E-state index contributed by atoms with van der Waals surface area (Å²) in [6.45, 7) is 12.5. The maximum Gasteiger partial charge on any atom is 0.330 e. The average Bonchev–Trinajstić information content (AvgIpc) is 4.02. The average molecular weight is 645 g/mol. The summed E-state index contributed by atoms with van der Waals surface area (Å²) in [6.07, 6.45) is 0.785. The van der Waals surface area contributed by atoms with Crippen LogP contribution in [-0.4, -0.2) is 71.0 Å². The monoisotopic (exact) mass is 644 g/mol. The van der Waals surface area contributed by atoms with Crippen molar-refractivity contribution in [2.45, 2.75) is 26.1 Å². The molecule has 0 radical (unpaired) electrons. The molecule has 0 aliphatic carbocycles. The van der Waals surface area contributed by atoms with Crippen LogP contribution in [-0.2, 0) is 23.8 Å². The van der Waals surface area contributed by atoms with Crippen LogP contribution in [0.25, 0.3) is 11.1 Å². The molecule has 9 nitrogen and oxygen atoms in total. The van der Waals surface area contributed by atoms with E-state index >= 15 is 0 Å². The maximum atomic E-state index is 9.60. The molecule has 2 heterocycles. The summed E-state index contributed by atoms with van der Waals surface area (Å²) in [7, 11) is 0. The van der Waals surface area contributed by atoms with Gasteiger partial charge in [-0.1, -0.05) is 110 Å². The molecular formula is C38H44O9. The zero-order valence-electron chi connectivity index (χ0n) is 26.8. The van der Waals surface area contributed by atoms with Gasteiger partial charge in [-0.25, -0.2) is 9.59 Å².